The zero-order valence-corrected chi connectivity index (χ0v) is 15.0. The van der Waals surface area contributed by atoms with Crippen molar-refractivity contribution in [2.75, 3.05) is 0 Å². The lowest BCUT2D eigenvalue weighted by Crippen LogP contribution is -2.25. The van der Waals surface area contributed by atoms with Gasteiger partial charge in [-0.15, -0.1) is 0 Å². The minimum Gasteiger partial charge on any atom is -0.494 e. The summed E-state index contributed by atoms with van der Waals surface area (Å²) in [4.78, 5) is 16.5. The number of aromatic hydroxyl groups is 1. The molecule has 0 aliphatic rings. The van der Waals surface area contributed by atoms with Crippen molar-refractivity contribution in [1.82, 2.24) is 4.57 Å². The molecular weight excluding hydrogens is 333 g/mol. The number of aliphatic imine (C=N–C) groups is 1. The van der Waals surface area contributed by atoms with Crippen LogP contribution in [0.3, 0.4) is 0 Å². The maximum absolute atomic E-state index is 13.7. The molecule has 26 heavy (non-hydrogen) atoms. The van der Waals surface area contributed by atoms with Crippen molar-refractivity contribution in [2.45, 2.75) is 46.1 Å². The van der Waals surface area contributed by atoms with E-state index in [1.54, 1.807) is 19.1 Å². The molecule has 0 saturated heterocycles. The van der Waals surface area contributed by atoms with Crippen molar-refractivity contribution in [3.05, 3.63) is 57.1 Å². The Kier molecular flexibility index (Phi) is 6.67. The van der Waals surface area contributed by atoms with Crippen LogP contribution in [-0.4, -0.2) is 15.9 Å². The number of hydrogen-bond donors (Lipinski definition) is 1. The largest absolute Gasteiger partial charge is 0.494 e. The first kappa shape index (κ1) is 19.4. The van der Waals surface area contributed by atoms with Crippen molar-refractivity contribution >= 4 is 11.9 Å². The second-order valence-corrected chi connectivity index (χ2v) is 6.08. The molecule has 0 fully saturated rings. The number of unbranched alkanes of at least 4 members (excludes halogenated alkanes) is 3. The third-order valence-electron chi connectivity index (χ3n) is 4.27. The zero-order chi connectivity index (χ0) is 19.1. The SMILES string of the molecule is CCCCCCn1c(O)c(C=Nc2ccccc2F)c(C)c(C#N)c1=O. The first-order valence-corrected chi connectivity index (χ1v) is 8.66. The van der Waals surface area contributed by atoms with Gasteiger partial charge < -0.3 is 5.11 Å². The van der Waals surface area contributed by atoms with Gasteiger partial charge in [-0.3, -0.25) is 14.4 Å². The third kappa shape index (κ3) is 4.17. The fourth-order valence-corrected chi connectivity index (χ4v) is 2.72. The van der Waals surface area contributed by atoms with Crippen LogP contribution in [0.25, 0.3) is 0 Å². The first-order chi connectivity index (χ1) is 12.5. The Morgan fingerprint density at radius 1 is 1.31 bits per heavy atom. The second-order valence-electron chi connectivity index (χ2n) is 6.08. The quantitative estimate of drug-likeness (QED) is 0.597. The summed E-state index contributed by atoms with van der Waals surface area (Å²) in [6.07, 6.45) is 5.04. The molecule has 0 unspecified atom stereocenters. The van der Waals surface area contributed by atoms with Gasteiger partial charge in [0.1, 0.15) is 17.4 Å². The van der Waals surface area contributed by atoms with Gasteiger partial charge in [0.15, 0.2) is 0 Å². The Morgan fingerprint density at radius 2 is 2.04 bits per heavy atom. The number of para-hydroxylation sites is 1. The number of rotatable bonds is 7. The maximum atomic E-state index is 13.7. The summed E-state index contributed by atoms with van der Waals surface area (Å²) < 4.78 is 14.9. The van der Waals surface area contributed by atoms with Crippen LogP contribution in [0, 0.1) is 24.1 Å². The number of halogens is 1. The molecule has 136 valence electrons. The van der Waals surface area contributed by atoms with E-state index in [1.807, 2.05) is 6.07 Å². The predicted octanol–water partition coefficient (Wildman–Crippen LogP) is 4.20. The highest BCUT2D eigenvalue weighted by Gasteiger charge is 2.17. The highest BCUT2D eigenvalue weighted by Crippen LogP contribution is 2.22. The van der Waals surface area contributed by atoms with E-state index in [1.165, 1.54) is 22.9 Å². The summed E-state index contributed by atoms with van der Waals surface area (Å²) in [5, 5.41) is 19.9. The number of nitrogens with zero attached hydrogens (tertiary/aromatic N) is 3. The van der Waals surface area contributed by atoms with Gasteiger partial charge >= 0.3 is 0 Å². The van der Waals surface area contributed by atoms with Gasteiger partial charge in [-0.2, -0.15) is 5.26 Å². The van der Waals surface area contributed by atoms with Gasteiger partial charge in [0.05, 0.1) is 11.3 Å². The average molecular weight is 355 g/mol. The summed E-state index contributed by atoms with van der Waals surface area (Å²) in [5.74, 6) is -0.739. The molecule has 1 heterocycles. The van der Waals surface area contributed by atoms with Gasteiger partial charge in [-0.25, -0.2) is 4.39 Å². The lowest BCUT2D eigenvalue weighted by Gasteiger charge is -2.14. The molecule has 1 N–H and O–H groups in total. The summed E-state index contributed by atoms with van der Waals surface area (Å²) in [7, 11) is 0. The normalized spacial score (nSPS) is 11.0. The van der Waals surface area contributed by atoms with Gasteiger partial charge in [0, 0.05) is 12.8 Å². The average Bonchev–Trinajstić information content (AvgIpc) is 2.62. The molecule has 1 aromatic heterocycles. The second kappa shape index (κ2) is 8.95. The van der Waals surface area contributed by atoms with Crippen LogP contribution in [0.1, 0.15) is 49.3 Å². The van der Waals surface area contributed by atoms with Crippen molar-refractivity contribution in [3.8, 4) is 11.9 Å². The molecular formula is C20H22FN3O2. The fraction of sp³-hybridized carbons (Fsp3) is 0.350. The minimum absolute atomic E-state index is 0.0340. The molecule has 0 aliphatic carbocycles. The van der Waals surface area contributed by atoms with Crippen LogP contribution in [0.5, 0.6) is 5.88 Å². The van der Waals surface area contributed by atoms with Gasteiger partial charge in [-0.1, -0.05) is 38.3 Å². The molecule has 0 bridgehead atoms. The Labute approximate surface area is 152 Å². The van der Waals surface area contributed by atoms with E-state index in [0.717, 1.165) is 25.7 Å². The maximum Gasteiger partial charge on any atom is 0.271 e. The van der Waals surface area contributed by atoms with Crippen LogP contribution >= 0.6 is 0 Å². The fourth-order valence-electron chi connectivity index (χ4n) is 2.72. The van der Waals surface area contributed by atoms with Gasteiger partial charge in [0.25, 0.3) is 5.56 Å². The Morgan fingerprint density at radius 3 is 2.69 bits per heavy atom. The summed E-state index contributed by atoms with van der Waals surface area (Å²) in [5.41, 5.74) is 0.153. The topological polar surface area (TPSA) is 78.4 Å². The van der Waals surface area contributed by atoms with E-state index in [0.29, 0.717) is 12.1 Å². The van der Waals surface area contributed by atoms with Crippen LogP contribution in [-0.2, 0) is 6.54 Å². The third-order valence-corrected chi connectivity index (χ3v) is 4.27. The lowest BCUT2D eigenvalue weighted by molar-refractivity contribution is 0.397. The van der Waals surface area contributed by atoms with E-state index < -0.39 is 11.4 Å². The lowest BCUT2D eigenvalue weighted by atomic mass is 10.1. The molecule has 0 saturated carbocycles. The predicted molar refractivity (Wildman–Crippen MR) is 99.6 cm³/mol. The molecule has 2 aromatic rings. The molecule has 2 rings (SSSR count). The van der Waals surface area contributed by atoms with E-state index in [2.05, 4.69) is 11.9 Å². The van der Waals surface area contributed by atoms with Gasteiger partial charge in [-0.05, 0) is 31.0 Å². The first-order valence-electron chi connectivity index (χ1n) is 8.66. The Hall–Kier alpha value is -2.94. The van der Waals surface area contributed by atoms with Crippen LogP contribution < -0.4 is 5.56 Å². The summed E-state index contributed by atoms with van der Waals surface area (Å²) >= 11 is 0. The number of benzene rings is 1. The van der Waals surface area contributed by atoms with Crippen molar-refractivity contribution < 1.29 is 9.50 Å². The van der Waals surface area contributed by atoms with E-state index in [-0.39, 0.29) is 22.7 Å². The van der Waals surface area contributed by atoms with Crippen LogP contribution in [0.2, 0.25) is 0 Å². The zero-order valence-electron chi connectivity index (χ0n) is 15.0. The molecule has 1 aromatic carbocycles. The van der Waals surface area contributed by atoms with Crippen molar-refractivity contribution in [2.24, 2.45) is 4.99 Å². The molecule has 0 atom stereocenters. The minimum atomic E-state index is -0.512. The summed E-state index contributed by atoms with van der Waals surface area (Å²) in [6.45, 7) is 3.98. The van der Waals surface area contributed by atoms with E-state index in [9.17, 15) is 19.6 Å². The highest BCUT2D eigenvalue weighted by atomic mass is 19.1. The van der Waals surface area contributed by atoms with E-state index in [4.69, 9.17) is 0 Å². The van der Waals surface area contributed by atoms with Gasteiger partial charge in [0.2, 0.25) is 5.88 Å². The molecule has 0 spiro atoms. The van der Waals surface area contributed by atoms with E-state index >= 15 is 0 Å². The molecule has 0 amide bonds. The van der Waals surface area contributed by atoms with Crippen molar-refractivity contribution in [1.29, 1.82) is 5.26 Å². The van der Waals surface area contributed by atoms with Crippen molar-refractivity contribution in [3.63, 3.8) is 0 Å². The van der Waals surface area contributed by atoms with Crippen LogP contribution in [0.4, 0.5) is 10.1 Å². The van der Waals surface area contributed by atoms with Crippen LogP contribution in [0.15, 0.2) is 34.1 Å². The molecule has 5 nitrogen and oxygen atoms in total. The number of nitriles is 1. The highest BCUT2D eigenvalue weighted by molar-refractivity contribution is 5.87. The standard InChI is InChI=1S/C20H22FN3O2/c1-3-4-5-8-11-24-19(25)15(12-22)14(2)16(20(24)26)13-23-18-10-7-6-9-17(18)21/h6-7,9-10,13,26H,3-5,8,11H2,1-2H3. The molecule has 6 heteroatoms. The smallest absolute Gasteiger partial charge is 0.271 e. The monoisotopic (exact) mass is 355 g/mol. The number of aromatic nitrogens is 1. The number of hydrogen-bond acceptors (Lipinski definition) is 4. The molecule has 0 radical (unpaired) electrons. The Bertz CT molecular complexity index is 910. The Balaban J connectivity index is 2.47. The summed E-state index contributed by atoms with van der Waals surface area (Å²) in [6, 6.07) is 7.90. The molecule has 0 aliphatic heterocycles. The number of pyridine rings is 1.